The summed E-state index contributed by atoms with van der Waals surface area (Å²) in [5.74, 6) is 0.212. The van der Waals surface area contributed by atoms with Crippen LogP contribution in [0.25, 0.3) is 72.5 Å². The van der Waals surface area contributed by atoms with Crippen LogP contribution in [0.4, 0.5) is 0 Å². The SMILES string of the molecule is [2H]c1c([2H])c([2H])c(-n2c3c([2H])c([2H])c([2H])c([2H])c3c3c([2H])c([2H])c(-c4c([2H])c([2H])c([2H])c(-c5cc(-c6ccccc6)nc(-c6ccccc6)n5)c4[2H])c([2H])c32)c([2H])c1[2H]. The van der Waals surface area contributed by atoms with Crippen molar-refractivity contribution in [2.75, 3.05) is 0 Å². The van der Waals surface area contributed by atoms with Crippen molar-refractivity contribution in [3.8, 4) is 50.7 Å². The van der Waals surface area contributed by atoms with Crippen LogP contribution in [0.3, 0.4) is 0 Å². The summed E-state index contributed by atoms with van der Waals surface area (Å²) in [6, 6.07) is 7.73. The Morgan fingerprint density at radius 2 is 1.09 bits per heavy atom. The van der Waals surface area contributed by atoms with Crippen LogP contribution >= 0.6 is 0 Å². The van der Waals surface area contributed by atoms with E-state index in [1.54, 1.807) is 54.6 Å². The quantitative estimate of drug-likeness (QED) is 0.208. The van der Waals surface area contributed by atoms with Crippen molar-refractivity contribution in [2.45, 2.75) is 0 Å². The molecule has 0 saturated carbocycles. The van der Waals surface area contributed by atoms with Gasteiger partial charge in [-0.2, -0.15) is 0 Å². The fourth-order valence-electron chi connectivity index (χ4n) is 4.86. The molecule has 8 rings (SSSR count). The molecule has 0 spiro atoms. The molecule has 0 N–H and O–H groups in total. The molecule has 0 saturated heterocycles. The molecule has 0 aliphatic heterocycles. The Hall–Kier alpha value is -5.80. The minimum Gasteiger partial charge on any atom is -0.309 e. The highest BCUT2D eigenvalue weighted by Crippen LogP contribution is 2.36. The van der Waals surface area contributed by atoms with Crippen molar-refractivity contribution in [1.82, 2.24) is 14.5 Å². The van der Waals surface area contributed by atoms with E-state index in [4.69, 9.17) is 26.4 Å². The Labute approximate surface area is 272 Å². The van der Waals surface area contributed by atoms with Gasteiger partial charge in [-0.1, -0.05) is 127 Å². The molecule has 0 amide bonds. The molecule has 0 radical (unpaired) electrons. The highest BCUT2D eigenvalue weighted by molar-refractivity contribution is 6.10. The lowest BCUT2D eigenvalue weighted by Crippen LogP contribution is -1.96. The molecular weight excluding hydrogens is 522 g/mol. The highest BCUT2D eigenvalue weighted by atomic mass is 15.0. The summed E-state index contributed by atoms with van der Waals surface area (Å²) in [6.45, 7) is 0. The minimum absolute atomic E-state index is 0.00424. The third-order valence-electron chi connectivity index (χ3n) is 6.83. The van der Waals surface area contributed by atoms with Crippen molar-refractivity contribution in [3.05, 3.63) is 163 Å². The number of aromatic nitrogens is 3. The van der Waals surface area contributed by atoms with Gasteiger partial charge in [-0.05, 0) is 47.4 Å². The van der Waals surface area contributed by atoms with E-state index in [-0.39, 0.29) is 27.9 Å². The third kappa shape index (κ3) is 4.58. The zero-order valence-electron chi connectivity index (χ0n) is 38.2. The fraction of sp³-hybridized carbons (Fsp3) is 0. The average molecular weight is 566 g/mol. The van der Waals surface area contributed by atoms with Crippen LogP contribution in [0.5, 0.6) is 0 Å². The zero-order valence-corrected chi connectivity index (χ0v) is 22.2. The highest BCUT2D eigenvalue weighted by Gasteiger charge is 2.14. The van der Waals surface area contributed by atoms with Crippen molar-refractivity contribution in [3.63, 3.8) is 0 Å². The number of nitrogens with zero attached hydrogens (tertiary/aromatic N) is 3. The molecule has 0 atom stereocenters. The Morgan fingerprint density at radius 3 is 1.88 bits per heavy atom. The number of hydrogen-bond acceptors (Lipinski definition) is 2. The molecule has 0 unspecified atom stereocenters. The van der Waals surface area contributed by atoms with Crippen LogP contribution in [0.1, 0.15) is 21.9 Å². The molecule has 0 aliphatic carbocycles. The van der Waals surface area contributed by atoms with Crippen LogP contribution in [0.2, 0.25) is 0 Å². The number of benzene rings is 6. The maximum absolute atomic E-state index is 9.67. The monoisotopic (exact) mass is 565 g/mol. The largest absolute Gasteiger partial charge is 0.309 e. The van der Waals surface area contributed by atoms with E-state index >= 15 is 0 Å². The molecule has 3 nitrogen and oxygen atoms in total. The first-order valence-electron chi connectivity index (χ1n) is 21.2. The second kappa shape index (κ2) is 10.6. The molecule has 0 aliphatic rings. The lowest BCUT2D eigenvalue weighted by molar-refractivity contribution is 1.18. The number of rotatable bonds is 5. The van der Waals surface area contributed by atoms with Crippen LogP contribution in [0.15, 0.2) is 163 Å². The summed E-state index contributed by atoms with van der Waals surface area (Å²) in [6.07, 6.45) is 0. The van der Waals surface area contributed by atoms with E-state index in [9.17, 15) is 5.48 Å². The minimum atomic E-state index is -0.798. The van der Waals surface area contributed by atoms with Crippen molar-refractivity contribution in [1.29, 1.82) is 0 Å². The van der Waals surface area contributed by atoms with Gasteiger partial charge < -0.3 is 4.57 Å². The molecule has 202 valence electrons. The van der Waals surface area contributed by atoms with E-state index in [0.29, 0.717) is 16.8 Å². The fourth-order valence-corrected chi connectivity index (χ4v) is 4.86. The molecule has 8 aromatic rings. The number of para-hydroxylation sites is 2. The van der Waals surface area contributed by atoms with E-state index < -0.39 is 125 Å². The number of fused-ring (bicyclic) bond motifs is 3. The lowest BCUT2D eigenvalue weighted by Gasteiger charge is -2.11. The molecule has 0 fully saturated rings. The summed E-state index contributed by atoms with van der Waals surface area (Å²) in [4.78, 5) is 9.44. The molecule has 0 bridgehead atoms. The Morgan fingerprint density at radius 1 is 0.465 bits per heavy atom. The van der Waals surface area contributed by atoms with Gasteiger partial charge in [0.15, 0.2) is 5.82 Å². The van der Waals surface area contributed by atoms with Crippen molar-refractivity contribution < 1.29 is 21.9 Å². The lowest BCUT2D eigenvalue weighted by atomic mass is 9.99. The van der Waals surface area contributed by atoms with Gasteiger partial charge in [0.1, 0.15) is 0 Å². The first kappa shape index (κ1) is 13.5. The predicted molar refractivity (Wildman–Crippen MR) is 178 cm³/mol. The second-order valence-corrected chi connectivity index (χ2v) is 9.45. The summed E-state index contributed by atoms with van der Waals surface area (Å²) in [7, 11) is 0. The average Bonchev–Trinajstić information content (AvgIpc) is 3.60. The first-order chi connectivity index (χ1) is 28.0. The van der Waals surface area contributed by atoms with E-state index in [1.165, 1.54) is 6.07 Å². The summed E-state index contributed by atoms with van der Waals surface area (Å²) in [5.41, 5.74) is -1.21. The smallest absolute Gasteiger partial charge is 0.160 e. The van der Waals surface area contributed by atoms with Crippen LogP contribution in [-0.2, 0) is 0 Å². The molecule has 2 aromatic heterocycles. The van der Waals surface area contributed by atoms with Gasteiger partial charge in [0.25, 0.3) is 0 Å². The zero-order chi connectivity index (χ0) is 42.5. The maximum Gasteiger partial charge on any atom is 0.160 e. The van der Waals surface area contributed by atoms with Crippen LogP contribution in [-0.4, -0.2) is 14.5 Å². The van der Waals surface area contributed by atoms with Gasteiger partial charge >= 0.3 is 0 Å². The maximum atomic E-state index is 9.67. The Bertz CT molecular complexity index is 3030. The van der Waals surface area contributed by atoms with Gasteiger partial charge in [0.2, 0.25) is 0 Å². The van der Waals surface area contributed by atoms with Crippen molar-refractivity contribution in [2.24, 2.45) is 0 Å². The second-order valence-electron chi connectivity index (χ2n) is 9.45. The first-order valence-corrected chi connectivity index (χ1v) is 13.2. The molecule has 6 aromatic carbocycles. The molecule has 2 heterocycles. The topological polar surface area (TPSA) is 30.7 Å². The van der Waals surface area contributed by atoms with E-state index in [0.717, 1.165) is 4.57 Å². The summed E-state index contributed by atoms with van der Waals surface area (Å²) >= 11 is 0. The van der Waals surface area contributed by atoms with Crippen LogP contribution < -0.4 is 0 Å². The van der Waals surface area contributed by atoms with Gasteiger partial charge in [0, 0.05) is 33.2 Å². The van der Waals surface area contributed by atoms with Gasteiger partial charge in [-0.25, -0.2) is 9.97 Å². The normalized spacial score (nSPS) is 16.5. The Kier molecular flexibility index (Phi) is 3.30. The van der Waals surface area contributed by atoms with Gasteiger partial charge in [-0.15, -0.1) is 0 Å². The molecule has 43 heavy (non-hydrogen) atoms. The number of hydrogen-bond donors (Lipinski definition) is 0. The third-order valence-corrected chi connectivity index (χ3v) is 6.83. The van der Waals surface area contributed by atoms with Gasteiger partial charge in [0.05, 0.1) is 44.4 Å². The van der Waals surface area contributed by atoms with E-state index in [1.807, 2.05) is 6.07 Å². The summed E-state index contributed by atoms with van der Waals surface area (Å²) in [5, 5.41) is -0.741. The Balaban J connectivity index is 1.54. The molecular formula is C40H27N3. The summed E-state index contributed by atoms with van der Waals surface area (Å²) < 4.78 is 143. The van der Waals surface area contributed by atoms with Crippen LogP contribution in [0, 0.1) is 0 Å². The molecule has 3 heteroatoms. The standard InChI is InChI=1S/C40H27N3/c1-4-13-28(14-5-1)36-27-37(42-40(41-36)29-15-6-2-7-16-29)32-18-12-17-30(25-32)31-23-24-35-34-21-10-11-22-38(34)43(39(35)26-31)33-19-8-3-9-20-33/h1-27H/i3D,8D,9D,10D,11D,12D,17D,18D,19D,20D,21D,22D,23D,24D,25D,26D. The predicted octanol–water partition coefficient (Wildman–Crippen LogP) is 10.2. The van der Waals surface area contributed by atoms with E-state index in [2.05, 4.69) is 0 Å². The van der Waals surface area contributed by atoms with Crippen molar-refractivity contribution >= 4 is 21.8 Å². The van der Waals surface area contributed by atoms with Gasteiger partial charge in [-0.3, -0.25) is 0 Å².